The molecule has 2 saturated heterocycles. The highest BCUT2D eigenvalue weighted by Crippen LogP contribution is 2.16. The van der Waals surface area contributed by atoms with Crippen LogP contribution >= 0.6 is 0 Å². The van der Waals surface area contributed by atoms with E-state index in [4.69, 9.17) is 4.74 Å². The first kappa shape index (κ1) is 18.1. The Morgan fingerprint density at radius 1 is 1.04 bits per heavy atom. The third kappa shape index (κ3) is 4.10. The van der Waals surface area contributed by atoms with Crippen molar-refractivity contribution in [3.63, 3.8) is 0 Å². The second kappa shape index (κ2) is 7.67. The van der Waals surface area contributed by atoms with Crippen LogP contribution in [0.25, 0.3) is 0 Å². The van der Waals surface area contributed by atoms with E-state index < -0.39 is 10.0 Å². The average Bonchev–Trinajstić information content (AvgIpc) is 2.64. The number of likely N-dealkylation sites (tertiary alicyclic amines) is 1. The lowest BCUT2D eigenvalue weighted by Crippen LogP contribution is -2.41. The van der Waals surface area contributed by atoms with Gasteiger partial charge in [0, 0.05) is 38.4 Å². The monoisotopic (exact) mass is 369 g/mol. The molecular formula is C16H23N3O5S. The minimum atomic E-state index is -3.69. The number of hydrogen-bond donors (Lipinski definition) is 0. The Labute approximate surface area is 147 Å². The molecule has 3 rings (SSSR count). The lowest BCUT2D eigenvalue weighted by atomic mass is 10.1. The number of morpholine rings is 1. The molecule has 3 heterocycles. The van der Waals surface area contributed by atoms with Gasteiger partial charge in [-0.2, -0.15) is 4.31 Å². The Morgan fingerprint density at radius 2 is 1.72 bits per heavy atom. The highest BCUT2D eigenvalue weighted by Gasteiger charge is 2.27. The molecule has 2 fully saturated rings. The van der Waals surface area contributed by atoms with Crippen LogP contribution in [-0.2, 0) is 26.1 Å². The molecule has 0 spiro atoms. The average molecular weight is 369 g/mol. The minimum Gasteiger partial charge on any atom is -0.379 e. The number of pyridine rings is 1. The number of rotatable bonds is 4. The van der Waals surface area contributed by atoms with Crippen molar-refractivity contribution in [2.75, 3.05) is 39.4 Å². The summed E-state index contributed by atoms with van der Waals surface area (Å²) >= 11 is 0. The highest BCUT2D eigenvalue weighted by atomic mass is 32.2. The summed E-state index contributed by atoms with van der Waals surface area (Å²) in [6.45, 7) is 2.53. The second-order valence-corrected chi connectivity index (χ2v) is 8.23. The quantitative estimate of drug-likeness (QED) is 0.738. The van der Waals surface area contributed by atoms with E-state index in [0.29, 0.717) is 26.3 Å². The number of ether oxygens (including phenoxy) is 1. The first-order valence-electron chi connectivity index (χ1n) is 8.55. The topological polar surface area (TPSA) is 88.9 Å². The zero-order valence-corrected chi connectivity index (χ0v) is 14.9. The maximum atomic E-state index is 12.7. The lowest BCUT2D eigenvalue weighted by Gasteiger charge is -2.27. The van der Waals surface area contributed by atoms with Gasteiger partial charge in [-0.25, -0.2) is 8.42 Å². The lowest BCUT2D eigenvalue weighted by molar-refractivity contribution is -0.132. The van der Waals surface area contributed by atoms with E-state index in [-0.39, 0.29) is 36.0 Å². The van der Waals surface area contributed by atoms with Crippen molar-refractivity contribution in [1.82, 2.24) is 13.8 Å². The predicted molar refractivity (Wildman–Crippen MR) is 90.7 cm³/mol. The van der Waals surface area contributed by atoms with Crippen molar-refractivity contribution >= 4 is 15.9 Å². The molecule has 2 aliphatic rings. The van der Waals surface area contributed by atoms with Gasteiger partial charge in [-0.15, -0.1) is 0 Å². The van der Waals surface area contributed by atoms with Gasteiger partial charge in [0.25, 0.3) is 5.56 Å². The van der Waals surface area contributed by atoms with Crippen molar-refractivity contribution in [2.45, 2.75) is 30.7 Å². The van der Waals surface area contributed by atoms with Gasteiger partial charge in [-0.1, -0.05) is 0 Å². The molecule has 138 valence electrons. The fraction of sp³-hybridized carbons (Fsp3) is 0.625. The molecule has 1 aromatic rings. The van der Waals surface area contributed by atoms with Crippen molar-refractivity contribution in [3.8, 4) is 0 Å². The third-order valence-corrected chi connectivity index (χ3v) is 6.46. The predicted octanol–water partition coefficient (Wildman–Crippen LogP) is -0.118. The van der Waals surface area contributed by atoms with E-state index in [2.05, 4.69) is 0 Å². The van der Waals surface area contributed by atoms with Crippen molar-refractivity contribution in [3.05, 3.63) is 28.7 Å². The van der Waals surface area contributed by atoms with E-state index in [9.17, 15) is 18.0 Å². The number of hydrogen-bond acceptors (Lipinski definition) is 5. The van der Waals surface area contributed by atoms with Gasteiger partial charge in [0.2, 0.25) is 15.9 Å². The molecule has 25 heavy (non-hydrogen) atoms. The van der Waals surface area contributed by atoms with Crippen LogP contribution < -0.4 is 5.56 Å². The van der Waals surface area contributed by atoms with Gasteiger partial charge in [-0.05, 0) is 25.3 Å². The third-order valence-electron chi connectivity index (χ3n) is 4.58. The van der Waals surface area contributed by atoms with Crippen LogP contribution in [0, 0.1) is 0 Å². The van der Waals surface area contributed by atoms with Crippen LogP contribution in [0.15, 0.2) is 28.0 Å². The van der Waals surface area contributed by atoms with Crippen molar-refractivity contribution in [1.29, 1.82) is 0 Å². The van der Waals surface area contributed by atoms with Gasteiger partial charge < -0.3 is 14.2 Å². The van der Waals surface area contributed by atoms with Gasteiger partial charge in [-0.3, -0.25) is 9.59 Å². The Hall–Kier alpha value is -1.71. The molecule has 8 nitrogen and oxygen atoms in total. The molecule has 1 amide bonds. The summed E-state index contributed by atoms with van der Waals surface area (Å²) in [4.78, 5) is 26.2. The molecule has 0 bridgehead atoms. The highest BCUT2D eigenvalue weighted by molar-refractivity contribution is 7.89. The molecular weight excluding hydrogens is 346 g/mol. The van der Waals surface area contributed by atoms with Crippen LogP contribution in [0.5, 0.6) is 0 Å². The van der Waals surface area contributed by atoms with Gasteiger partial charge in [0.1, 0.15) is 6.54 Å². The number of aromatic nitrogens is 1. The second-order valence-electron chi connectivity index (χ2n) is 6.29. The Morgan fingerprint density at radius 3 is 2.40 bits per heavy atom. The smallest absolute Gasteiger partial charge is 0.251 e. The summed E-state index contributed by atoms with van der Waals surface area (Å²) in [5.74, 6) is -0.150. The first-order valence-corrected chi connectivity index (χ1v) is 9.99. The van der Waals surface area contributed by atoms with E-state index in [1.807, 2.05) is 0 Å². The molecule has 2 aliphatic heterocycles. The number of nitrogens with zero attached hydrogens (tertiary/aromatic N) is 3. The molecule has 9 heteroatoms. The SMILES string of the molecule is O=C(Cn1cc(S(=O)(=O)N2CCOCC2)ccc1=O)N1CCCCC1. The normalized spacial score (nSPS) is 19.8. The van der Waals surface area contributed by atoms with Crippen LogP contribution in [0.2, 0.25) is 0 Å². The number of amides is 1. The van der Waals surface area contributed by atoms with Crippen molar-refractivity contribution < 1.29 is 17.9 Å². The summed E-state index contributed by atoms with van der Waals surface area (Å²) in [6, 6.07) is 2.51. The molecule has 0 radical (unpaired) electrons. The molecule has 0 aromatic carbocycles. The molecule has 0 unspecified atom stereocenters. The summed E-state index contributed by atoms with van der Waals surface area (Å²) in [6.07, 6.45) is 4.31. The minimum absolute atomic E-state index is 0.0282. The van der Waals surface area contributed by atoms with Gasteiger partial charge in [0.15, 0.2) is 0 Å². The van der Waals surface area contributed by atoms with E-state index in [1.54, 1.807) is 4.90 Å². The standard InChI is InChI=1S/C16H23N3O5S/c20-15-5-4-14(25(22,23)19-8-10-24-11-9-19)12-18(15)13-16(21)17-6-2-1-3-7-17/h4-5,12H,1-3,6-11,13H2. The fourth-order valence-corrected chi connectivity index (χ4v) is 4.54. The zero-order valence-electron chi connectivity index (χ0n) is 14.1. The van der Waals surface area contributed by atoms with Crippen LogP contribution in [0.1, 0.15) is 19.3 Å². The van der Waals surface area contributed by atoms with Crippen LogP contribution in [-0.4, -0.2) is 67.5 Å². The largest absolute Gasteiger partial charge is 0.379 e. The summed E-state index contributed by atoms with van der Waals surface area (Å²) < 4.78 is 33.1. The number of carbonyl (C=O) groups is 1. The Balaban J connectivity index is 1.80. The summed E-state index contributed by atoms with van der Waals surface area (Å²) in [5.41, 5.74) is -0.383. The Bertz CT molecular complexity index is 777. The maximum Gasteiger partial charge on any atom is 0.251 e. The van der Waals surface area contributed by atoms with Crippen LogP contribution in [0.4, 0.5) is 0 Å². The molecule has 0 saturated carbocycles. The molecule has 0 atom stereocenters. The van der Waals surface area contributed by atoms with E-state index in [1.165, 1.54) is 27.2 Å². The number of carbonyl (C=O) groups excluding carboxylic acids is 1. The summed E-state index contributed by atoms with van der Waals surface area (Å²) in [7, 11) is -3.69. The van der Waals surface area contributed by atoms with E-state index in [0.717, 1.165) is 19.3 Å². The maximum absolute atomic E-state index is 12.7. The van der Waals surface area contributed by atoms with Gasteiger partial charge >= 0.3 is 0 Å². The molecule has 0 N–H and O–H groups in total. The van der Waals surface area contributed by atoms with E-state index >= 15 is 0 Å². The van der Waals surface area contributed by atoms with Crippen LogP contribution in [0.3, 0.4) is 0 Å². The number of sulfonamides is 1. The van der Waals surface area contributed by atoms with Gasteiger partial charge in [0.05, 0.1) is 18.1 Å². The molecule has 1 aromatic heterocycles. The Kier molecular flexibility index (Phi) is 5.55. The molecule has 0 aliphatic carbocycles. The van der Waals surface area contributed by atoms with Crippen molar-refractivity contribution in [2.24, 2.45) is 0 Å². The summed E-state index contributed by atoms with van der Waals surface area (Å²) in [5, 5.41) is 0. The zero-order chi connectivity index (χ0) is 17.9. The number of piperidine rings is 1. The fourth-order valence-electron chi connectivity index (χ4n) is 3.11. The first-order chi connectivity index (χ1) is 12.0.